The standard InChI is InChI=1S/C10H19NO4/c1-6(12)8(11-7(2)13)9(14)15-10(3,4)5/h6,8,12H,1-5H3,(H,11,13)/t6-,8+/m1/s1. The Morgan fingerprint density at radius 3 is 2.07 bits per heavy atom. The van der Waals surface area contributed by atoms with Crippen molar-refractivity contribution in [3.8, 4) is 0 Å². The van der Waals surface area contributed by atoms with Crippen LogP contribution in [0.5, 0.6) is 0 Å². The van der Waals surface area contributed by atoms with Gasteiger partial charge in [-0.15, -0.1) is 0 Å². The van der Waals surface area contributed by atoms with Crippen LogP contribution in [-0.4, -0.2) is 34.7 Å². The monoisotopic (exact) mass is 217 g/mol. The molecule has 2 N–H and O–H groups in total. The first-order valence-electron chi connectivity index (χ1n) is 4.81. The van der Waals surface area contributed by atoms with Gasteiger partial charge in [0.25, 0.3) is 0 Å². The van der Waals surface area contributed by atoms with Crippen molar-refractivity contribution < 1.29 is 19.4 Å². The lowest BCUT2D eigenvalue weighted by Gasteiger charge is -2.25. The van der Waals surface area contributed by atoms with Gasteiger partial charge in [0.1, 0.15) is 5.60 Å². The molecule has 88 valence electrons. The number of rotatable bonds is 3. The molecule has 0 aromatic carbocycles. The molecule has 0 heterocycles. The van der Waals surface area contributed by atoms with Gasteiger partial charge < -0.3 is 15.2 Å². The minimum Gasteiger partial charge on any atom is -0.458 e. The number of carbonyl (C=O) groups is 2. The fraction of sp³-hybridized carbons (Fsp3) is 0.800. The Labute approximate surface area is 89.8 Å². The highest BCUT2D eigenvalue weighted by Crippen LogP contribution is 2.09. The second-order valence-electron chi connectivity index (χ2n) is 4.45. The van der Waals surface area contributed by atoms with E-state index < -0.39 is 23.7 Å². The molecule has 0 saturated heterocycles. The fourth-order valence-corrected chi connectivity index (χ4v) is 0.961. The summed E-state index contributed by atoms with van der Waals surface area (Å²) < 4.78 is 5.05. The van der Waals surface area contributed by atoms with E-state index in [1.54, 1.807) is 20.8 Å². The number of nitrogens with one attached hydrogen (secondary N) is 1. The Kier molecular flexibility index (Phi) is 4.74. The Bertz CT molecular complexity index is 242. The first-order chi connectivity index (χ1) is 6.63. The third-order valence-electron chi connectivity index (χ3n) is 1.50. The zero-order valence-electron chi connectivity index (χ0n) is 9.83. The summed E-state index contributed by atoms with van der Waals surface area (Å²) >= 11 is 0. The molecule has 5 heteroatoms. The molecular formula is C10H19NO4. The molecule has 15 heavy (non-hydrogen) atoms. The van der Waals surface area contributed by atoms with E-state index in [1.165, 1.54) is 13.8 Å². The molecule has 0 fully saturated rings. The molecule has 0 bridgehead atoms. The van der Waals surface area contributed by atoms with Crippen LogP contribution in [0.2, 0.25) is 0 Å². The van der Waals surface area contributed by atoms with Gasteiger partial charge in [-0.25, -0.2) is 4.79 Å². The van der Waals surface area contributed by atoms with E-state index in [1.807, 2.05) is 0 Å². The van der Waals surface area contributed by atoms with Gasteiger partial charge in [-0.2, -0.15) is 0 Å². The average Bonchev–Trinajstić information content (AvgIpc) is 1.95. The third-order valence-corrected chi connectivity index (χ3v) is 1.50. The van der Waals surface area contributed by atoms with Crippen molar-refractivity contribution in [2.24, 2.45) is 0 Å². The summed E-state index contributed by atoms with van der Waals surface area (Å²) in [5.41, 5.74) is -0.636. The highest BCUT2D eigenvalue weighted by Gasteiger charge is 2.29. The third kappa shape index (κ3) is 6.06. The van der Waals surface area contributed by atoms with Gasteiger partial charge in [0, 0.05) is 6.92 Å². The lowest BCUT2D eigenvalue weighted by atomic mass is 10.1. The van der Waals surface area contributed by atoms with Crippen LogP contribution in [0.25, 0.3) is 0 Å². The molecule has 5 nitrogen and oxygen atoms in total. The normalized spacial score (nSPS) is 15.3. The summed E-state index contributed by atoms with van der Waals surface area (Å²) in [5, 5.41) is 11.7. The lowest BCUT2D eigenvalue weighted by Crippen LogP contribution is -2.49. The van der Waals surface area contributed by atoms with E-state index in [0.717, 1.165) is 0 Å². The molecule has 0 saturated carbocycles. The van der Waals surface area contributed by atoms with E-state index >= 15 is 0 Å². The number of carbonyl (C=O) groups excluding carboxylic acids is 2. The number of aliphatic hydroxyl groups excluding tert-OH is 1. The maximum atomic E-state index is 11.5. The summed E-state index contributed by atoms with van der Waals surface area (Å²) in [6, 6.07) is -1.01. The van der Waals surface area contributed by atoms with Gasteiger partial charge in [-0.05, 0) is 27.7 Å². The molecule has 0 unspecified atom stereocenters. The summed E-state index contributed by atoms with van der Waals surface area (Å²) in [6.45, 7) is 7.86. The fourth-order valence-electron chi connectivity index (χ4n) is 0.961. The minimum atomic E-state index is -1.01. The molecule has 0 aromatic rings. The molecule has 0 aliphatic carbocycles. The van der Waals surface area contributed by atoms with Gasteiger partial charge >= 0.3 is 5.97 Å². The van der Waals surface area contributed by atoms with Crippen molar-refractivity contribution in [1.82, 2.24) is 5.32 Å². The van der Waals surface area contributed by atoms with Gasteiger partial charge in [-0.3, -0.25) is 4.79 Å². The molecule has 1 amide bonds. The SMILES string of the molecule is CC(=O)N[C@H](C(=O)OC(C)(C)C)[C@@H](C)O. The molecule has 0 spiro atoms. The predicted molar refractivity (Wildman–Crippen MR) is 55.1 cm³/mol. The predicted octanol–water partition coefficient (Wildman–Crippen LogP) is 0.214. The van der Waals surface area contributed by atoms with Gasteiger partial charge in [-0.1, -0.05) is 0 Å². The van der Waals surface area contributed by atoms with E-state index in [4.69, 9.17) is 4.74 Å². The molecule has 0 aliphatic rings. The van der Waals surface area contributed by atoms with Gasteiger partial charge in [0.2, 0.25) is 5.91 Å². The van der Waals surface area contributed by atoms with Crippen molar-refractivity contribution >= 4 is 11.9 Å². The molecular weight excluding hydrogens is 198 g/mol. The van der Waals surface area contributed by atoms with Crippen molar-refractivity contribution in [3.05, 3.63) is 0 Å². The van der Waals surface area contributed by atoms with Gasteiger partial charge in [0.05, 0.1) is 6.10 Å². The first-order valence-corrected chi connectivity index (χ1v) is 4.81. The van der Waals surface area contributed by atoms with E-state index in [2.05, 4.69) is 5.32 Å². The number of hydrogen-bond donors (Lipinski definition) is 2. The van der Waals surface area contributed by atoms with Crippen molar-refractivity contribution in [3.63, 3.8) is 0 Å². The first kappa shape index (κ1) is 13.9. The van der Waals surface area contributed by atoms with Crippen molar-refractivity contribution in [1.29, 1.82) is 0 Å². The van der Waals surface area contributed by atoms with Crippen LogP contribution in [-0.2, 0) is 14.3 Å². The average molecular weight is 217 g/mol. The number of ether oxygens (including phenoxy) is 1. The van der Waals surface area contributed by atoms with Crippen LogP contribution >= 0.6 is 0 Å². The molecule has 0 aliphatic heterocycles. The summed E-state index contributed by atoms with van der Waals surface area (Å²) in [4.78, 5) is 22.3. The summed E-state index contributed by atoms with van der Waals surface area (Å²) in [5.74, 6) is -1.01. The van der Waals surface area contributed by atoms with Crippen molar-refractivity contribution in [2.75, 3.05) is 0 Å². The molecule has 0 rings (SSSR count). The Morgan fingerprint density at radius 1 is 1.33 bits per heavy atom. The van der Waals surface area contributed by atoms with Gasteiger partial charge in [0.15, 0.2) is 6.04 Å². The Morgan fingerprint density at radius 2 is 1.80 bits per heavy atom. The van der Waals surface area contributed by atoms with Crippen molar-refractivity contribution in [2.45, 2.75) is 52.4 Å². The zero-order valence-corrected chi connectivity index (χ0v) is 9.83. The lowest BCUT2D eigenvalue weighted by molar-refractivity contribution is -0.161. The maximum Gasteiger partial charge on any atom is 0.331 e. The van der Waals surface area contributed by atoms with Crippen LogP contribution < -0.4 is 5.32 Å². The minimum absolute atomic E-state index is 0.383. The number of esters is 1. The number of aliphatic hydroxyl groups is 1. The molecule has 2 atom stereocenters. The Balaban J connectivity index is 4.50. The number of hydrogen-bond acceptors (Lipinski definition) is 4. The van der Waals surface area contributed by atoms with Crippen LogP contribution in [0, 0.1) is 0 Å². The Hall–Kier alpha value is -1.10. The van der Waals surface area contributed by atoms with E-state index in [0.29, 0.717) is 0 Å². The second-order valence-corrected chi connectivity index (χ2v) is 4.45. The molecule has 0 aromatic heterocycles. The second kappa shape index (κ2) is 5.11. The largest absolute Gasteiger partial charge is 0.458 e. The van der Waals surface area contributed by atoms with E-state index in [9.17, 15) is 14.7 Å². The maximum absolute atomic E-state index is 11.5. The van der Waals surface area contributed by atoms with Crippen LogP contribution in [0.15, 0.2) is 0 Å². The quantitative estimate of drug-likeness (QED) is 0.663. The summed E-state index contributed by atoms with van der Waals surface area (Å²) in [7, 11) is 0. The number of amides is 1. The smallest absolute Gasteiger partial charge is 0.331 e. The molecule has 0 radical (unpaired) electrons. The van der Waals surface area contributed by atoms with Crippen LogP contribution in [0.4, 0.5) is 0 Å². The summed E-state index contributed by atoms with van der Waals surface area (Å²) in [6.07, 6.45) is -0.983. The van der Waals surface area contributed by atoms with Crippen LogP contribution in [0.3, 0.4) is 0 Å². The highest BCUT2D eigenvalue weighted by atomic mass is 16.6. The van der Waals surface area contributed by atoms with E-state index in [-0.39, 0.29) is 5.91 Å². The highest BCUT2D eigenvalue weighted by molar-refractivity contribution is 5.83. The topological polar surface area (TPSA) is 75.6 Å². The zero-order chi connectivity index (χ0) is 12.2. The van der Waals surface area contributed by atoms with Crippen LogP contribution in [0.1, 0.15) is 34.6 Å².